The lowest BCUT2D eigenvalue weighted by Crippen LogP contribution is -2.24. The Morgan fingerprint density at radius 2 is 2.18 bits per heavy atom. The topological polar surface area (TPSA) is 17.0 Å². The van der Waals surface area contributed by atoms with Crippen LogP contribution in [0, 0.1) is 0 Å². The summed E-state index contributed by atoms with van der Waals surface area (Å²) in [5.74, 6) is 0. The molecule has 0 aliphatic carbocycles. The molecule has 0 radical (unpaired) electrons. The molecule has 1 aromatic carbocycles. The van der Waals surface area contributed by atoms with E-state index in [9.17, 15) is 0 Å². The molecule has 1 heterocycles. The number of aryl methyl sites for hydroxylation is 1. The summed E-state index contributed by atoms with van der Waals surface area (Å²) in [6.07, 6.45) is 1.02. The van der Waals surface area contributed by atoms with Gasteiger partial charge in [0.2, 0.25) is 0 Å². The van der Waals surface area contributed by atoms with E-state index < -0.39 is 0 Å². The van der Waals surface area contributed by atoms with Crippen LogP contribution in [0.2, 0.25) is 5.02 Å². The van der Waals surface area contributed by atoms with Gasteiger partial charge in [0.05, 0.1) is 0 Å². The Balaban J connectivity index is 2.52. The molecule has 0 amide bonds. The molecule has 17 heavy (non-hydrogen) atoms. The van der Waals surface area contributed by atoms with Crippen molar-refractivity contribution in [2.24, 2.45) is 0 Å². The van der Waals surface area contributed by atoms with Gasteiger partial charge in [0.15, 0.2) is 0 Å². The first-order valence-corrected chi connectivity index (χ1v) is 6.49. The Hall–Kier alpha value is -0.990. The van der Waals surface area contributed by atoms with E-state index in [-0.39, 0.29) is 0 Å². The van der Waals surface area contributed by atoms with Crippen molar-refractivity contribution in [1.29, 1.82) is 0 Å². The minimum absolute atomic E-state index is 0.475. The summed E-state index contributed by atoms with van der Waals surface area (Å²) in [5.41, 5.74) is 2.58. The van der Waals surface area contributed by atoms with E-state index in [4.69, 9.17) is 11.6 Å². The van der Waals surface area contributed by atoms with Crippen LogP contribution >= 0.6 is 11.6 Å². The molecule has 0 aliphatic heterocycles. The molecule has 0 aliphatic rings. The van der Waals surface area contributed by atoms with E-state index in [1.54, 1.807) is 0 Å². The molecule has 0 bridgehead atoms. The molecule has 0 saturated heterocycles. The molecule has 3 heteroatoms. The number of fused-ring (bicyclic) bond motifs is 1. The van der Waals surface area contributed by atoms with E-state index in [1.807, 2.05) is 19.2 Å². The average Bonchev–Trinajstić information content (AvgIpc) is 2.68. The molecule has 1 unspecified atom stereocenters. The van der Waals surface area contributed by atoms with Crippen LogP contribution < -0.4 is 5.32 Å². The maximum atomic E-state index is 6.24. The number of aromatic nitrogens is 1. The molecule has 2 nitrogen and oxygen atoms in total. The molecule has 1 atom stereocenters. The summed E-state index contributed by atoms with van der Waals surface area (Å²) in [6.45, 7) is 5.35. The number of nitrogens with zero attached hydrogens (tertiary/aromatic N) is 1. The number of rotatable bonds is 4. The maximum Gasteiger partial charge on any atom is 0.0499 e. The van der Waals surface area contributed by atoms with E-state index in [2.05, 4.69) is 35.9 Å². The van der Waals surface area contributed by atoms with Crippen LogP contribution in [0.1, 0.15) is 19.5 Å². The summed E-state index contributed by atoms with van der Waals surface area (Å²) in [7, 11) is 2.00. The SMILES string of the molecule is CCn1c(CC(C)NC)cc2c(Cl)cccc21. The highest BCUT2D eigenvalue weighted by atomic mass is 35.5. The minimum Gasteiger partial charge on any atom is -0.345 e. The van der Waals surface area contributed by atoms with Gasteiger partial charge in [-0.2, -0.15) is 0 Å². The Labute approximate surface area is 108 Å². The molecule has 1 aromatic heterocycles. The molecular weight excluding hydrogens is 232 g/mol. The minimum atomic E-state index is 0.475. The van der Waals surface area contributed by atoms with Crippen LogP contribution in [0.5, 0.6) is 0 Å². The standard InChI is InChI=1S/C14H19ClN2/c1-4-17-11(8-10(2)16-3)9-12-13(15)6-5-7-14(12)17/h5-7,9-10,16H,4,8H2,1-3H3. The molecule has 2 aromatic rings. The molecule has 0 spiro atoms. The van der Waals surface area contributed by atoms with Crippen LogP contribution in [0.4, 0.5) is 0 Å². The first-order chi connectivity index (χ1) is 8.17. The molecule has 92 valence electrons. The zero-order valence-electron chi connectivity index (χ0n) is 10.6. The van der Waals surface area contributed by atoms with Crippen molar-refractivity contribution < 1.29 is 0 Å². The second-order valence-electron chi connectivity index (χ2n) is 4.45. The van der Waals surface area contributed by atoms with Crippen LogP contribution in [0.3, 0.4) is 0 Å². The maximum absolute atomic E-state index is 6.24. The number of nitrogens with one attached hydrogen (secondary N) is 1. The first-order valence-electron chi connectivity index (χ1n) is 6.11. The monoisotopic (exact) mass is 250 g/mol. The van der Waals surface area contributed by atoms with Gasteiger partial charge in [-0.3, -0.25) is 0 Å². The van der Waals surface area contributed by atoms with Crippen LogP contribution in [-0.4, -0.2) is 17.7 Å². The normalized spacial score (nSPS) is 13.2. The van der Waals surface area contributed by atoms with E-state index in [0.717, 1.165) is 23.4 Å². The first kappa shape index (κ1) is 12.5. The van der Waals surface area contributed by atoms with Crippen molar-refractivity contribution >= 4 is 22.5 Å². The van der Waals surface area contributed by atoms with Gasteiger partial charge in [-0.05, 0) is 39.1 Å². The lowest BCUT2D eigenvalue weighted by atomic mass is 10.2. The van der Waals surface area contributed by atoms with Gasteiger partial charge < -0.3 is 9.88 Å². The van der Waals surface area contributed by atoms with Gasteiger partial charge in [-0.1, -0.05) is 17.7 Å². The van der Waals surface area contributed by atoms with Crippen molar-refractivity contribution in [3.63, 3.8) is 0 Å². The number of benzene rings is 1. The molecule has 0 fully saturated rings. The summed E-state index contributed by atoms with van der Waals surface area (Å²) < 4.78 is 2.34. The van der Waals surface area contributed by atoms with E-state index >= 15 is 0 Å². The van der Waals surface area contributed by atoms with Gasteiger partial charge in [0, 0.05) is 40.6 Å². The Morgan fingerprint density at radius 1 is 1.41 bits per heavy atom. The van der Waals surface area contributed by atoms with Crippen LogP contribution in [-0.2, 0) is 13.0 Å². The molecule has 0 saturated carbocycles. The fourth-order valence-electron chi connectivity index (χ4n) is 2.26. The number of hydrogen-bond acceptors (Lipinski definition) is 1. The Bertz CT molecular complexity index is 516. The van der Waals surface area contributed by atoms with E-state index in [0.29, 0.717) is 6.04 Å². The molecule has 1 N–H and O–H groups in total. The predicted octanol–water partition coefficient (Wildman–Crippen LogP) is 3.47. The lowest BCUT2D eigenvalue weighted by Gasteiger charge is -2.12. The van der Waals surface area contributed by atoms with Gasteiger partial charge in [0.25, 0.3) is 0 Å². The van der Waals surface area contributed by atoms with Crippen LogP contribution in [0.25, 0.3) is 10.9 Å². The third-order valence-corrected chi connectivity index (χ3v) is 3.63. The van der Waals surface area contributed by atoms with E-state index in [1.165, 1.54) is 11.2 Å². The zero-order valence-corrected chi connectivity index (χ0v) is 11.4. The summed E-state index contributed by atoms with van der Waals surface area (Å²) in [6, 6.07) is 8.80. The second-order valence-corrected chi connectivity index (χ2v) is 4.85. The van der Waals surface area contributed by atoms with Gasteiger partial charge in [-0.15, -0.1) is 0 Å². The summed E-state index contributed by atoms with van der Waals surface area (Å²) in [5, 5.41) is 5.28. The van der Waals surface area contributed by atoms with Crippen molar-refractivity contribution in [2.45, 2.75) is 32.9 Å². The quantitative estimate of drug-likeness (QED) is 0.879. The summed E-state index contributed by atoms with van der Waals surface area (Å²) >= 11 is 6.24. The zero-order chi connectivity index (χ0) is 12.4. The second kappa shape index (κ2) is 5.11. The van der Waals surface area contributed by atoms with Crippen molar-refractivity contribution in [3.05, 3.63) is 35.0 Å². The van der Waals surface area contributed by atoms with Crippen molar-refractivity contribution in [3.8, 4) is 0 Å². The number of likely N-dealkylation sites (N-methyl/N-ethyl adjacent to an activating group) is 1. The largest absolute Gasteiger partial charge is 0.345 e. The summed E-state index contributed by atoms with van der Waals surface area (Å²) in [4.78, 5) is 0. The smallest absolute Gasteiger partial charge is 0.0499 e. The highest BCUT2D eigenvalue weighted by molar-refractivity contribution is 6.35. The highest BCUT2D eigenvalue weighted by Gasteiger charge is 2.11. The van der Waals surface area contributed by atoms with Gasteiger partial charge in [0.1, 0.15) is 0 Å². The van der Waals surface area contributed by atoms with Crippen molar-refractivity contribution in [2.75, 3.05) is 7.05 Å². The van der Waals surface area contributed by atoms with Gasteiger partial charge in [-0.25, -0.2) is 0 Å². The molecular formula is C14H19ClN2. The lowest BCUT2D eigenvalue weighted by molar-refractivity contribution is 0.581. The van der Waals surface area contributed by atoms with Crippen LogP contribution in [0.15, 0.2) is 24.3 Å². The molecule has 2 rings (SSSR count). The average molecular weight is 251 g/mol. The van der Waals surface area contributed by atoms with Gasteiger partial charge >= 0.3 is 0 Å². The number of hydrogen-bond donors (Lipinski definition) is 1. The number of halogens is 1. The fourth-order valence-corrected chi connectivity index (χ4v) is 2.49. The fraction of sp³-hybridized carbons (Fsp3) is 0.429. The third-order valence-electron chi connectivity index (χ3n) is 3.30. The van der Waals surface area contributed by atoms with Crippen molar-refractivity contribution in [1.82, 2.24) is 9.88 Å². The third kappa shape index (κ3) is 2.33. The highest BCUT2D eigenvalue weighted by Crippen LogP contribution is 2.27. The predicted molar refractivity (Wildman–Crippen MR) is 74.8 cm³/mol. The Kier molecular flexibility index (Phi) is 3.75. The Morgan fingerprint density at radius 3 is 2.82 bits per heavy atom.